The molecule has 6 heteroatoms. The summed E-state index contributed by atoms with van der Waals surface area (Å²) in [6.07, 6.45) is 0. The van der Waals surface area contributed by atoms with Crippen LogP contribution in [0.25, 0.3) is 0 Å². The number of carbonyl (C=O) groups is 2. The summed E-state index contributed by atoms with van der Waals surface area (Å²) in [5.41, 5.74) is 0. The number of carboxylic acids is 1. The first-order chi connectivity index (χ1) is 3.18. The summed E-state index contributed by atoms with van der Waals surface area (Å²) in [5, 5.41) is 9.26. The van der Waals surface area contributed by atoms with Crippen molar-refractivity contribution < 1.29 is 19.5 Å². The van der Waals surface area contributed by atoms with E-state index < -0.39 is 11.9 Å². The van der Waals surface area contributed by atoms with Crippen LogP contribution in [-0.2, 0) is 14.4 Å². The predicted octanol–water partition coefficient (Wildman–Crippen LogP) is -3.23. The van der Waals surface area contributed by atoms with Crippen LogP contribution < -0.4 is 11.0 Å². The minimum absolute atomic E-state index is 0. The summed E-state index contributed by atoms with van der Waals surface area (Å²) >= 11 is 0. The Hall–Kier alpha value is -0.568. The Morgan fingerprint density at radius 1 is 1.50 bits per heavy atom. The standard InChI is InChI=1S/C2H3NO4.Al/c3-7-2(6)1(4)5;/h3H2,(H,4,5);/q;+3/p-1. The molecule has 0 aromatic carbocycles. The maximum atomic E-state index is 9.50. The molecule has 0 radical (unpaired) electrons. The molecule has 0 atom stereocenters. The molecule has 8 heavy (non-hydrogen) atoms. The fraction of sp³-hybridized carbons (Fsp3) is 0. The molecule has 0 saturated heterocycles. The van der Waals surface area contributed by atoms with E-state index in [0.717, 1.165) is 0 Å². The molecule has 5 nitrogen and oxygen atoms in total. The van der Waals surface area contributed by atoms with Crippen LogP contribution in [0.1, 0.15) is 0 Å². The van der Waals surface area contributed by atoms with Crippen LogP contribution >= 0.6 is 0 Å². The summed E-state index contributed by atoms with van der Waals surface area (Å²) in [7, 11) is 0. The summed E-state index contributed by atoms with van der Waals surface area (Å²) in [4.78, 5) is 22.0. The fourth-order valence-electron chi connectivity index (χ4n) is 0.0481. The van der Waals surface area contributed by atoms with Crippen molar-refractivity contribution in [1.29, 1.82) is 0 Å². The average Bonchev–Trinajstić information content (AvgIpc) is 1.65. The molecule has 0 rings (SSSR count). The number of hydrogen-bond donors (Lipinski definition) is 1. The summed E-state index contributed by atoms with van der Waals surface area (Å²) in [5.74, 6) is 0.591. The molecule has 0 spiro atoms. The molecular weight excluding hydrogens is 129 g/mol. The van der Waals surface area contributed by atoms with Crippen LogP contribution in [0.2, 0.25) is 0 Å². The van der Waals surface area contributed by atoms with Crippen molar-refractivity contribution >= 4 is 29.3 Å². The first kappa shape index (κ1) is 10.4. The van der Waals surface area contributed by atoms with E-state index in [1.165, 1.54) is 0 Å². The molecule has 0 unspecified atom stereocenters. The molecule has 0 aromatic rings. The molecule has 0 aliphatic heterocycles. The normalized spacial score (nSPS) is 6.62. The molecule has 2 N–H and O–H groups in total. The number of nitrogens with two attached hydrogens (primary N) is 1. The van der Waals surface area contributed by atoms with Crippen molar-refractivity contribution in [2.24, 2.45) is 5.90 Å². The Balaban J connectivity index is 0. The van der Waals surface area contributed by atoms with Gasteiger partial charge < -0.3 is 14.7 Å². The molecule has 0 aliphatic carbocycles. The van der Waals surface area contributed by atoms with Gasteiger partial charge in [0.1, 0.15) is 0 Å². The molecule has 0 amide bonds. The van der Waals surface area contributed by atoms with E-state index in [-0.39, 0.29) is 17.4 Å². The third kappa shape index (κ3) is 3.62. The fourth-order valence-corrected chi connectivity index (χ4v) is 0.0481. The van der Waals surface area contributed by atoms with Crippen molar-refractivity contribution in [3.05, 3.63) is 0 Å². The zero-order valence-corrected chi connectivity index (χ0v) is 4.94. The molecule has 0 aromatic heterocycles. The largest absolute Gasteiger partial charge is 3.00 e. The van der Waals surface area contributed by atoms with E-state index in [4.69, 9.17) is 0 Å². The Morgan fingerprint density at radius 2 is 1.88 bits per heavy atom. The smallest absolute Gasteiger partial charge is 0.539 e. The second-order valence-electron chi connectivity index (χ2n) is 0.693. The molecule has 0 bridgehead atoms. The van der Waals surface area contributed by atoms with Gasteiger partial charge in [0, 0.05) is 0 Å². The molecule has 0 fully saturated rings. The first-order valence-electron chi connectivity index (χ1n) is 1.30. The van der Waals surface area contributed by atoms with E-state index in [1.807, 2.05) is 0 Å². The van der Waals surface area contributed by atoms with Gasteiger partial charge in [0.2, 0.25) is 0 Å². The number of hydrogen-bond acceptors (Lipinski definition) is 5. The Labute approximate surface area is 55.5 Å². The third-order valence-corrected chi connectivity index (χ3v) is 0.274. The van der Waals surface area contributed by atoms with Gasteiger partial charge in [0.15, 0.2) is 5.97 Å². The molecule has 40 valence electrons. The number of rotatable bonds is 0. The minimum Gasteiger partial charge on any atom is -0.539 e. The monoisotopic (exact) mass is 131 g/mol. The topological polar surface area (TPSA) is 92.5 Å². The quantitative estimate of drug-likeness (QED) is 0.212. The van der Waals surface area contributed by atoms with E-state index >= 15 is 0 Å². The molecule has 0 saturated carbocycles. The molecular formula is C2H2AlNO4+2. The SMILES string of the molecule is NOC(=O)C(=O)[O-].[Al+3]. The summed E-state index contributed by atoms with van der Waals surface area (Å²) in [6.45, 7) is 0. The number of aliphatic carboxylic acids is 1. The Kier molecular flexibility index (Phi) is 5.98. The number of carboxylic acid groups (broad SMARTS) is 1. The predicted molar refractivity (Wildman–Crippen MR) is 21.0 cm³/mol. The Morgan fingerprint density at radius 3 is 1.88 bits per heavy atom. The summed E-state index contributed by atoms with van der Waals surface area (Å²) in [6, 6.07) is 0. The van der Waals surface area contributed by atoms with E-state index in [2.05, 4.69) is 10.7 Å². The van der Waals surface area contributed by atoms with Gasteiger partial charge in [-0.15, -0.1) is 0 Å². The van der Waals surface area contributed by atoms with Crippen molar-refractivity contribution in [3.63, 3.8) is 0 Å². The van der Waals surface area contributed by atoms with Gasteiger partial charge in [-0.25, -0.2) is 4.79 Å². The van der Waals surface area contributed by atoms with Gasteiger partial charge >= 0.3 is 23.3 Å². The van der Waals surface area contributed by atoms with Gasteiger partial charge in [-0.1, -0.05) is 0 Å². The van der Waals surface area contributed by atoms with Gasteiger partial charge in [0.05, 0.1) is 0 Å². The second kappa shape index (κ2) is 4.59. The molecule has 0 heterocycles. The summed E-state index contributed by atoms with van der Waals surface area (Å²) < 4.78 is 0. The van der Waals surface area contributed by atoms with Gasteiger partial charge in [-0.3, -0.25) is 0 Å². The van der Waals surface area contributed by atoms with Gasteiger partial charge in [-0.2, -0.15) is 5.90 Å². The third-order valence-electron chi connectivity index (χ3n) is 0.274. The van der Waals surface area contributed by atoms with E-state index in [1.54, 1.807) is 0 Å². The zero-order chi connectivity index (χ0) is 5.86. The van der Waals surface area contributed by atoms with Crippen molar-refractivity contribution in [2.45, 2.75) is 0 Å². The molecule has 0 aliphatic rings. The van der Waals surface area contributed by atoms with E-state index in [9.17, 15) is 14.7 Å². The van der Waals surface area contributed by atoms with Crippen LogP contribution in [0.15, 0.2) is 0 Å². The zero-order valence-electron chi connectivity index (χ0n) is 3.79. The van der Waals surface area contributed by atoms with Crippen LogP contribution in [0.5, 0.6) is 0 Å². The minimum atomic E-state index is -1.94. The van der Waals surface area contributed by atoms with Crippen LogP contribution in [-0.4, -0.2) is 29.3 Å². The average molecular weight is 131 g/mol. The van der Waals surface area contributed by atoms with Crippen LogP contribution in [0.4, 0.5) is 0 Å². The van der Waals surface area contributed by atoms with E-state index in [0.29, 0.717) is 0 Å². The first-order valence-corrected chi connectivity index (χ1v) is 1.30. The van der Waals surface area contributed by atoms with Gasteiger partial charge in [-0.05, 0) is 0 Å². The van der Waals surface area contributed by atoms with Crippen molar-refractivity contribution in [1.82, 2.24) is 0 Å². The Bertz CT molecular complexity index is 102. The maximum Gasteiger partial charge on any atom is 3.00 e. The van der Waals surface area contributed by atoms with Crippen molar-refractivity contribution in [2.75, 3.05) is 0 Å². The van der Waals surface area contributed by atoms with Crippen molar-refractivity contribution in [3.8, 4) is 0 Å². The number of carbonyl (C=O) groups excluding carboxylic acids is 2. The van der Waals surface area contributed by atoms with Gasteiger partial charge in [0.25, 0.3) is 0 Å². The maximum absolute atomic E-state index is 9.50. The van der Waals surface area contributed by atoms with Crippen LogP contribution in [0, 0.1) is 0 Å². The van der Waals surface area contributed by atoms with Crippen LogP contribution in [0.3, 0.4) is 0 Å². The second-order valence-corrected chi connectivity index (χ2v) is 0.693.